The molecule has 1 atom stereocenters. The number of aromatic amines is 2. The number of carbonyl (C=O) groups is 3. The van der Waals surface area contributed by atoms with Crippen LogP contribution in [0.1, 0.15) is 75.5 Å². The van der Waals surface area contributed by atoms with Crippen LogP contribution in [0.15, 0.2) is 121 Å². The first-order chi connectivity index (χ1) is 33.6. The molecule has 0 unspecified atom stereocenters. The van der Waals surface area contributed by atoms with Gasteiger partial charge in [0.25, 0.3) is 5.91 Å². The summed E-state index contributed by atoms with van der Waals surface area (Å²) in [7, 11) is 0. The molecule has 7 heterocycles. The van der Waals surface area contributed by atoms with E-state index in [2.05, 4.69) is 152 Å². The molecular formula is C59H52N6O4. The van der Waals surface area contributed by atoms with Gasteiger partial charge in [-0.1, -0.05) is 102 Å². The van der Waals surface area contributed by atoms with Crippen molar-refractivity contribution in [1.29, 1.82) is 0 Å². The maximum absolute atomic E-state index is 14.0. The molecular weight excluding hydrogens is 857 g/mol. The first kappa shape index (κ1) is 43.5. The summed E-state index contributed by atoms with van der Waals surface area (Å²) in [4.78, 5) is 61.1. The Bertz CT molecular complexity index is 3260. The van der Waals surface area contributed by atoms with Crippen molar-refractivity contribution in [3.05, 3.63) is 166 Å². The average Bonchev–Trinajstić information content (AvgIpc) is 4.24. The lowest BCUT2D eigenvalue weighted by Crippen LogP contribution is -2.47. The van der Waals surface area contributed by atoms with Gasteiger partial charge in [0.05, 0.1) is 22.8 Å². The molecule has 69 heavy (non-hydrogen) atoms. The number of benzene rings is 4. The lowest BCUT2D eigenvalue weighted by Gasteiger charge is -2.34. The van der Waals surface area contributed by atoms with Gasteiger partial charge in [-0.2, -0.15) is 0 Å². The summed E-state index contributed by atoms with van der Waals surface area (Å²) in [5.41, 5.74) is 18.8. The van der Waals surface area contributed by atoms with E-state index < -0.39 is 12.0 Å². The van der Waals surface area contributed by atoms with E-state index in [4.69, 9.17) is 9.97 Å². The van der Waals surface area contributed by atoms with Crippen LogP contribution in [-0.4, -0.2) is 78.3 Å². The predicted molar refractivity (Wildman–Crippen MR) is 276 cm³/mol. The number of fused-ring (bicyclic) bond motifs is 8. The van der Waals surface area contributed by atoms with Gasteiger partial charge < -0.3 is 24.9 Å². The smallest absolute Gasteiger partial charge is 0.326 e. The molecule has 3 aromatic heterocycles. The Balaban J connectivity index is 1.06. The standard InChI is InChI=1S/C59H52N6O4/c1-35-6-12-38(13-7-35)53-44-22-24-46(60-44)54(39-14-8-36(2)9-15-39)48-26-28-50(62-48)56(51-29-27-49(63-51)55(47-25-23-45(53)61-47)40-16-10-37(3)11-17-40)41-18-20-42(21-19-41)57(66)64-33-30-43(31-34-64)58(67)65-32-4-5-52(65)59(68)69/h6-29,43,52,62-63H,4-5,30-34H2,1-3H3,(H,68,69)/t52-/m1/s1. The van der Waals surface area contributed by atoms with E-state index in [-0.39, 0.29) is 17.7 Å². The van der Waals surface area contributed by atoms with Crippen LogP contribution >= 0.6 is 0 Å². The normalized spacial score (nSPS) is 15.8. The predicted octanol–water partition coefficient (Wildman–Crippen LogP) is 12.2. The Morgan fingerprint density at radius 3 is 1.33 bits per heavy atom. The number of carboxylic acid groups (broad SMARTS) is 1. The number of likely N-dealkylation sites (tertiary alicyclic amines) is 2. The zero-order chi connectivity index (χ0) is 47.3. The number of carboxylic acids is 1. The number of nitrogens with zero attached hydrogens (tertiary/aromatic N) is 4. The number of H-pyrrole nitrogens is 2. The molecule has 2 fully saturated rings. The number of aryl methyl sites for hydroxylation is 3. The van der Waals surface area contributed by atoms with E-state index in [1.807, 2.05) is 29.2 Å². The third kappa shape index (κ3) is 8.26. The number of hydrogen-bond acceptors (Lipinski definition) is 5. The molecule has 342 valence electrons. The number of nitrogens with one attached hydrogen (secondary N) is 2. The van der Waals surface area contributed by atoms with Gasteiger partial charge in [-0.3, -0.25) is 9.59 Å². The second-order valence-electron chi connectivity index (χ2n) is 18.8. The van der Waals surface area contributed by atoms with Crippen molar-refractivity contribution in [2.45, 2.75) is 52.5 Å². The Labute approximate surface area is 400 Å². The highest BCUT2D eigenvalue weighted by Crippen LogP contribution is 2.39. The average molecular weight is 909 g/mol. The number of aliphatic carboxylic acids is 1. The van der Waals surface area contributed by atoms with Crippen LogP contribution in [-0.2, 0) is 9.59 Å². The molecule has 0 aliphatic carbocycles. The van der Waals surface area contributed by atoms with Gasteiger partial charge in [0.15, 0.2) is 0 Å². The first-order valence-corrected chi connectivity index (χ1v) is 23.9. The molecule has 10 heteroatoms. The molecule has 0 spiro atoms. The summed E-state index contributed by atoms with van der Waals surface area (Å²) < 4.78 is 0. The minimum Gasteiger partial charge on any atom is -0.480 e. The summed E-state index contributed by atoms with van der Waals surface area (Å²) in [6.45, 7) is 7.62. The molecule has 10 nitrogen and oxygen atoms in total. The Hall–Kier alpha value is -8.11. The molecule has 2 saturated heterocycles. The molecule has 0 radical (unpaired) electrons. The Morgan fingerprint density at radius 2 is 0.884 bits per heavy atom. The molecule has 2 amide bonds. The number of hydrogen-bond donors (Lipinski definition) is 3. The SMILES string of the molecule is Cc1ccc(-c2c3nc(c(-c4ccc(C)cc4)c4ccc([nH]4)c(-c4ccc(C(=O)N5CCC(C(=O)N6CCC[C@@H]6C(=O)O)CC5)cc4)c4ccc([nH]4)c(-c4ccc(C)cc4)c4nc2C=C4)C=C3)cc1. The summed E-state index contributed by atoms with van der Waals surface area (Å²) in [6.07, 6.45) is 10.6. The van der Waals surface area contributed by atoms with Gasteiger partial charge in [0.2, 0.25) is 5.91 Å². The second-order valence-corrected chi connectivity index (χ2v) is 18.8. The third-order valence-corrected chi connectivity index (χ3v) is 14.1. The van der Waals surface area contributed by atoms with Gasteiger partial charge in [0, 0.05) is 75.4 Å². The van der Waals surface area contributed by atoms with E-state index >= 15 is 0 Å². The number of aromatic nitrogens is 4. The molecule has 3 N–H and O–H groups in total. The molecule has 7 aromatic rings. The number of rotatable bonds is 7. The lowest BCUT2D eigenvalue weighted by atomic mass is 9.94. The topological polar surface area (TPSA) is 135 Å². The van der Waals surface area contributed by atoms with Crippen molar-refractivity contribution in [3.63, 3.8) is 0 Å². The van der Waals surface area contributed by atoms with Crippen molar-refractivity contribution in [1.82, 2.24) is 29.7 Å². The van der Waals surface area contributed by atoms with Crippen molar-refractivity contribution in [2.24, 2.45) is 5.92 Å². The van der Waals surface area contributed by atoms with E-state index in [1.54, 1.807) is 0 Å². The number of piperidine rings is 1. The summed E-state index contributed by atoms with van der Waals surface area (Å²) in [6, 6.07) is 41.2. The van der Waals surface area contributed by atoms with Crippen LogP contribution in [0.5, 0.6) is 0 Å². The van der Waals surface area contributed by atoms with Crippen LogP contribution < -0.4 is 0 Å². The second kappa shape index (κ2) is 17.8. The fraction of sp³-hybridized carbons (Fsp3) is 0.203. The van der Waals surface area contributed by atoms with Gasteiger partial charge in [-0.15, -0.1) is 0 Å². The molecule has 0 saturated carbocycles. The fourth-order valence-electron chi connectivity index (χ4n) is 10.4. The third-order valence-electron chi connectivity index (χ3n) is 14.1. The van der Waals surface area contributed by atoms with Crippen LogP contribution in [0.4, 0.5) is 0 Å². The van der Waals surface area contributed by atoms with E-state index in [0.717, 1.165) is 89.4 Å². The highest BCUT2D eigenvalue weighted by molar-refractivity contribution is 6.01. The van der Waals surface area contributed by atoms with Crippen LogP contribution in [0.25, 0.3) is 90.9 Å². The van der Waals surface area contributed by atoms with E-state index in [9.17, 15) is 19.5 Å². The minimum absolute atomic E-state index is 0.0927. The van der Waals surface area contributed by atoms with Crippen molar-refractivity contribution in [2.75, 3.05) is 19.6 Å². The fourth-order valence-corrected chi connectivity index (χ4v) is 10.4. The summed E-state index contributed by atoms with van der Waals surface area (Å²) in [5, 5.41) is 9.67. The van der Waals surface area contributed by atoms with Crippen LogP contribution in [0, 0.1) is 26.7 Å². The van der Waals surface area contributed by atoms with Gasteiger partial charge >= 0.3 is 5.97 Å². The van der Waals surface area contributed by atoms with Crippen molar-refractivity contribution in [3.8, 4) is 44.5 Å². The quantitative estimate of drug-likeness (QED) is 0.146. The van der Waals surface area contributed by atoms with E-state index in [0.29, 0.717) is 50.9 Å². The molecule has 4 aliphatic heterocycles. The van der Waals surface area contributed by atoms with Crippen LogP contribution in [0.2, 0.25) is 0 Å². The van der Waals surface area contributed by atoms with Gasteiger partial charge in [-0.25, -0.2) is 14.8 Å². The zero-order valence-electron chi connectivity index (χ0n) is 38.9. The largest absolute Gasteiger partial charge is 0.480 e. The summed E-state index contributed by atoms with van der Waals surface area (Å²) in [5.74, 6) is -1.43. The highest BCUT2D eigenvalue weighted by atomic mass is 16.4. The molecule has 8 bridgehead atoms. The number of amides is 2. The van der Waals surface area contributed by atoms with Crippen molar-refractivity contribution < 1.29 is 19.5 Å². The molecule has 4 aliphatic rings. The Morgan fingerprint density at radius 1 is 0.493 bits per heavy atom. The lowest BCUT2D eigenvalue weighted by molar-refractivity contribution is -0.150. The zero-order valence-corrected chi connectivity index (χ0v) is 38.9. The van der Waals surface area contributed by atoms with Gasteiger partial charge in [-0.05, 0) is 129 Å². The summed E-state index contributed by atoms with van der Waals surface area (Å²) >= 11 is 0. The van der Waals surface area contributed by atoms with Crippen LogP contribution in [0.3, 0.4) is 0 Å². The first-order valence-electron chi connectivity index (χ1n) is 23.9. The molecule has 4 aromatic carbocycles. The van der Waals surface area contributed by atoms with E-state index in [1.165, 1.54) is 21.6 Å². The monoisotopic (exact) mass is 908 g/mol. The van der Waals surface area contributed by atoms with Crippen molar-refractivity contribution >= 4 is 64.2 Å². The Kier molecular flexibility index (Phi) is 11.2. The number of carbonyl (C=O) groups excluding carboxylic acids is 2. The van der Waals surface area contributed by atoms with Gasteiger partial charge in [0.1, 0.15) is 6.04 Å². The highest BCUT2D eigenvalue weighted by Gasteiger charge is 2.38. The maximum Gasteiger partial charge on any atom is 0.326 e. The minimum atomic E-state index is -0.949. The molecule has 11 rings (SSSR count). The maximum atomic E-state index is 14.0.